The summed E-state index contributed by atoms with van der Waals surface area (Å²) in [7, 11) is 0. The average molecular weight is 438 g/mol. The number of thioether (sulfide) groups is 1. The Balaban J connectivity index is 1.67. The molecule has 32 heavy (non-hydrogen) atoms. The largest absolute Gasteiger partial charge is 0.355 e. The van der Waals surface area contributed by atoms with Gasteiger partial charge in [-0.25, -0.2) is 4.98 Å². The number of aromatic amines is 1. The quantitative estimate of drug-likeness (QED) is 0.260. The number of benzene rings is 3. The molecule has 158 valence electrons. The fourth-order valence-electron chi connectivity index (χ4n) is 3.80. The highest BCUT2D eigenvalue weighted by Gasteiger charge is 2.18. The van der Waals surface area contributed by atoms with Gasteiger partial charge in [0.25, 0.3) is 5.56 Å². The van der Waals surface area contributed by atoms with Crippen LogP contribution in [0.15, 0.2) is 95.0 Å². The molecule has 0 aliphatic heterocycles. The predicted octanol–water partition coefficient (Wildman–Crippen LogP) is 6.29. The van der Waals surface area contributed by atoms with Gasteiger partial charge in [0.2, 0.25) is 0 Å². The highest BCUT2D eigenvalue weighted by Crippen LogP contribution is 2.30. The number of fused-ring (bicyclic) bond motifs is 1. The predicted molar refractivity (Wildman–Crippen MR) is 133 cm³/mol. The Labute approximate surface area is 191 Å². The van der Waals surface area contributed by atoms with Gasteiger partial charge in [0.15, 0.2) is 5.16 Å². The molecule has 0 bridgehead atoms. The monoisotopic (exact) mass is 437 g/mol. The van der Waals surface area contributed by atoms with Crippen molar-refractivity contribution in [2.24, 2.45) is 0 Å². The highest BCUT2D eigenvalue weighted by atomic mass is 32.2. The molecular formula is C27H23N3OS. The Morgan fingerprint density at radius 2 is 1.69 bits per heavy atom. The van der Waals surface area contributed by atoms with E-state index in [1.54, 1.807) is 16.3 Å². The fourth-order valence-corrected chi connectivity index (χ4v) is 4.76. The minimum atomic E-state index is -0.0887. The summed E-state index contributed by atoms with van der Waals surface area (Å²) in [6.45, 7) is 4.11. The van der Waals surface area contributed by atoms with Crippen LogP contribution in [-0.2, 0) is 5.75 Å². The van der Waals surface area contributed by atoms with E-state index >= 15 is 0 Å². The molecule has 0 saturated carbocycles. The first-order valence-corrected chi connectivity index (χ1v) is 11.5. The molecule has 0 aliphatic rings. The summed E-state index contributed by atoms with van der Waals surface area (Å²) in [4.78, 5) is 21.8. The second kappa shape index (κ2) is 8.52. The van der Waals surface area contributed by atoms with Crippen LogP contribution in [-0.4, -0.2) is 14.5 Å². The van der Waals surface area contributed by atoms with Crippen molar-refractivity contribution in [3.05, 3.63) is 112 Å². The summed E-state index contributed by atoms with van der Waals surface area (Å²) >= 11 is 1.58. The molecule has 0 unspecified atom stereocenters. The number of rotatable bonds is 5. The normalized spacial score (nSPS) is 11.2. The van der Waals surface area contributed by atoms with Crippen LogP contribution in [0.3, 0.4) is 0 Å². The summed E-state index contributed by atoms with van der Waals surface area (Å²) in [5.74, 6) is 0.731. The number of aryl methyl sites for hydroxylation is 2. The lowest BCUT2D eigenvalue weighted by Gasteiger charge is -2.13. The van der Waals surface area contributed by atoms with Crippen LogP contribution < -0.4 is 5.56 Å². The van der Waals surface area contributed by atoms with Gasteiger partial charge in [0.1, 0.15) is 11.0 Å². The van der Waals surface area contributed by atoms with E-state index in [0.717, 1.165) is 28.1 Å². The zero-order valence-corrected chi connectivity index (χ0v) is 18.8. The Morgan fingerprint density at radius 3 is 2.44 bits per heavy atom. The molecular weight excluding hydrogens is 414 g/mol. The van der Waals surface area contributed by atoms with Crippen LogP contribution in [0.1, 0.15) is 16.7 Å². The van der Waals surface area contributed by atoms with Crippen molar-refractivity contribution >= 4 is 22.8 Å². The van der Waals surface area contributed by atoms with E-state index < -0.39 is 0 Å². The number of aromatic nitrogens is 3. The topological polar surface area (TPSA) is 50.7 Å². The van der Waals surface area contributed by atoms with Crippen molar-refractivity contribution in [3.8, 4) is 16.8 Å². The van der Waals surface area contributed by atoms with E-state index in [1.165, 1.54) is 11.1 Å². The van der Waals surface area contributed by atoms with Gasteiger partial charge < -0.3 is 4.98 Å². The molecule has 0 atom stereocenters. The van der Waals surface area contributed by atoms with Gasteiger partial charge in [-0.15, -0.1) is 0 Å². The van der Waals surface area contributed by atoms with Gasteiger partial charge in [-0.3, -0.25) is 9.36 Å². The number of hydrogen-bond donors (Lipinski definition) is 1. The Kier molecular flexibility index (Phi) is 5.41. The SMILES string of the molecule is Cc1ccc(CSc2nc3c(-c4ccccc4)c[nH]c3c(=O)n2-c2cccc(C)c2)cc1. The molecule has 0 spiro atoms. The van der Waals surface area contributed by atoms with Gasteiger partial charge >= 0.3 is 0 Å². The van der Waals surface area contributed by atoms with E-state index in [-0.39, 0.29) is 5.56 Å². The lowest BCUT2D eigenvalue weighted by atomic mass is 10.1. The minimum absolute atomic E-state index is 0.0887. The molecule has 0 saturated heterocycles. The number of hydrogen-bond acceptors (Lipinski definition) is 3. The van der Waals surface area contributed by atoms with Crippen LogP contribution in [0.5, 0.6) is 0 Å². The standard InChI is InChI=1S/C27H23N3OS/c1-18-11-13-20(14-12-18)17-32-27-29-24-23(21-8-4-3-5-9-21)16-28-25(24)26(31)30(27)22-10-6-7-19(2)15-22/h3-16,28H,17H2,1-2H3. The molecule has 3 aromatic carbocycles. The summed E-state index contributed by atoms with van der Waals surface area (Å²) in [5.41, 5.74) is 7.46. The lowest BCUT2D eigenvalue weighted by molar-refractivity contribution is 0.817. The van der Waals surface area contributed by atoms with E-state index in [1.807, 2.05) is 67.7 Å². The Bertz CT molecular complexity index is 1450. The second-order valence-electron chi connectivity index (χ2n) is 7.94. The Morgan fingerprint density at radius 1 is 0.906 bits per heavy atom. The highest BCUT2D eigenvalue weighted by molar-refractivity contribution is 7.98. The molecule has 2 heterocycles. The molecule has 0 amide bonds. The maximum atomic E-state index is 13.6. The van der Waals surface area contributed by atoms with E-state index in [0.29, 0.717) is 16.2 Å². The molecule has 5 rings (SSSR count). The maximum absolute atomic E-state index is 13.6. The van der Waals surface area contributed by atoms with E-state index in [2.05, 4.69) is 36.2 Å². The summed E-state index contributed by atoms with van der Waals surface area (Å²) in [5, 5.41) is 0.686. The maximum Gasteiger partial charge on any atom is 0.283 e. The molecule has 5 heteroatoms. The zero-order valence-electron chi connectivity index (χ0n) is 18.0. The van der Waals surface area contributed by atoms with Crippen molar-refractivity contribution in [1.29, 1.82) is 0 Å². The third-order valence-electron chi connectivity index (χ3n) is 5.50. The van der Waals surface area contributed by atoms with Crippen molar-refractivity contribution in [1.82, 2.24) is 14.5 Å². The van der Waals surface area contributed by atoms with Crippen molar-refractivity contribution in [3.63, 3.8) is 0 Å². The molecule has 0 fully saturated rings. The van der Waals surface area contributed by atoms with Crippen LogP contribution in [0, 0.1) is 13.8 Å². The van der Waals surface area contributed by atoms with Gasteiger partial charge in [-0.1, -0.05) is 84.1 Å². The fraction of sp³-hybridized carbons (Fsp3) is 0.111. The van der Waals surface area contributed by atoms with Gasteiger partial charge in [-0.05, 0) is 42.7 Å². The molecule has 0 radical (unpaired) electrons. The van der Waals surface area contributed by atoms with E-state index in [9.17, 15) is 4.79 Å². The summed E-state index contributed by atoms with van der Waals surface area (Å²) in [6.07, 6.45) is 1.88. The van der Waals surface area contributed by atoms with Gasteiger partial charge in [0, 0.05) is 17.5 Å². The molecule has 1 N–H and O–H groups in total. The third kappa shape index (κ3) is 3.87. The van der Waals surface area contributed by atoms with Crippen molar-refractivity contribution in [2.45, 2.75) is 24.8 Å². The number of nitrogens with zero attached hydrogens (tertiary/aromatic N) is 2. The van der Waals surface area contributed by atoms with Crippen molar-refractivity contribution in [2.75, 3.05) is 0 Å². The summed E-state index contributed by atoms with van der Waals surface area (Å²) in [6, 6.07) is 26.5. The molecule has 4 nitrogen and oxygen atoms in total. The number of H-pyrrole nitrogens is 1. The molecule has 0 aliphatic carbocycles. The average Bonchev–Trinajstić information content (AvgIpc) is 3.24. The summed E-state index contributed by atoms with van der Waals surface area (Å²) < 4.78 is 1.72. The van der Waals surface area contributed by atoms with Crippen LogP contribution in [0.4, 0.5) is 0 Å². The second-order valence-corrected chi connectivity index (χ2v) is 8.88. The first-order chi connectivity index (χ1) is 15.6. The van der Waals surface area contributed by atoms with Crippen LogP contribution in [0.25, 0.3) is 27.8 Å². The lowest BCUT2D eigenvalue weighted by Crippen LogP contribution is -2.22. The van der Waals surface area contributed by atoms with Crippen LogP contribution >= 0.6 is 11.8 Å². The smallest absolute Gasteiger partial charge is 0.283 e. The first kappa shape index (κ1) is 20.3. The molecule has 2 aromatic heterocycles. The molecule has 5 aromatic rings. The van der Waals surface area contributed by atoms with Gasteiger partial charge in [0.05, 0.1) is 5.69 Å². The van der Waals surface area contributed by atoms with E-state index in [4.69, 9.17) is 4.98 Å². The third-order valence-corrected chi connectivity index (χ3v) is 6.51. The van der Waals surface area contributed by atoms with Gasteiger partial charge in [-0.2, -0.15) is 0 Å². The zero-order chi connectivity index (χ0) is 22.1. The minimum Gasteiger partial charge on any atom is -0.355 e. The Hall–Kier alpha value is -3.57. The van der Waals surface area contributed by atoms with Crippen molar-refractivity contribution < 1.29 is 0 Å². The van der Waals surface area contributed by atoms with Crippen LogP contribution in [0.2, 0.25) is 0 Å². The number of nitrogens with one attached hydrogen (secondary N) is 1. The first-order valence-electron chi connectivity index (χ1n) is 10.5.